The van der Waals surface area contributed by atoms with Crippen LogP contribution in [-0.4, -0.2) is 24.0 Å². The van der Waals surface area contributed by atoms with Gasteiger partial charge in [0.15, 0.2) is 11.7 Å². The lowest BCUT2D eigenvalue weighted by molar-refractivity contribution is -0.119. The minimum Gasteiger partial charge on any atom is -0.497 e. The molecule has 0 aliphatic heterocycles. The lowest BCUT2D eigenvalue weighted by Gasteiger charge is -2.30. The lowest BCUT2D eigenvalue weighted by atomic mass is 10.1. The van der Waals surface area contributed by atoms with E-state index in [0.29, 0.717) is 31.1 Å². The molecule has 1 unspecified atom stereocenters. The fourth-order valence-electron chi connectivity index (χ4n) is 3.81. The summed E-state index contributed by atoms with van der Waals surface area (Å²) in [5, 5.41) is 0. The molecule has 0 N–H and O–H groups in total. The van der Waals surface area contributed by atoms with Gasteiger partial charge < -0.3 is 14.1 Å². The number of amides is 1. The molecule has 1 aliphatic rings. The van der Waals surface area contributed by atoms with Crippen molar-refractivity contribution >= 4 is 11.6 Å². The van der Waals surface area contributed by atoms with E-state index in [4.69, 9.17) is 9.15 Å². The number of benzene rings is 2. The van der Waals surface area contributed by atoms with E-state index in [9.17, 15) is 4.79 Å². The van der Waals surface area contributed by atoms with Gasteiger partial charge in [-0.2, -0.15) is 0 Å². The second-order valence-corrected chi connectivity index (χ2v) is 7.88. The Morgan fingerprint density at radius 3 is 2.57 bits per heavy atom. The number of hydrogen-bond donors (Lipinski definition) is 0. The van der Waals surface area contributed by atoms with Crippen LogP contribution in [0.4, 0.5) is 5.69 Å². The minimum atomic E-state index is 0.148. The lowest BCUT2D eigenvalue weighted by Crippen LogP contribution is -2.40. The zero-order chi connectivity index (χ0) is 20.9. The Morgan fingerprint density at radius 2 is 1.90 bits per heavy atom. The molecule has 1 heterocycles. The molecule has 0 spiro atoms. The number of carbonyl (C=O) groups is 1. The quantitative estimate of drug-likeness (QED) is 0.472. The van der Waals surface area contributed by atoms with Crippen molar-refractivity contribution in [1.29, 1.82) is 0 Å². The number of ether oxygens (including phenoxy) is 1. The van der Waals surface area contributed by atoms with Gasteiger partial charge in [-0.1, -0.05) is 30.3 Å². The highest BCUT2D eigenvalue weighted by molar-refractivity contribution is 5.94. The Labute approximate surface area is 177 Å². The Kier molecular flexibility index (Phi) is 6.17. The molecule has 2 aromatic carbocycles. The summed E-state index contributed by atoms with van der Waals surface area (Å²) in [6.45, 7) is 2.15. The molecule has 0 bridgehead atoms. The number of rotatable bonds is 9. The van der Waals surface area contributed by atoms with E-state index in [-0.39, 0.29) is 11.9 Å². The fraction of sp³-hybridized carbons (Fsp3) is 0.360. The molecule has 1 amide bonds. The third kappa shape index (κ3) is 4.73. The van der Waals surface area contributed by atoms with Gasteiger partial charge in [0.25, 0.3) is 0 Å². The third-order valence-electron chi connectivity index (χ3n) is 5.72. The number of carbonyl (C=O) groups excluding carboxylic acids is 1. The molecule has 1 fully saturated rings. The molecule has 1 saturated carbocycles. The molecule has 1 aromatic heterocycles. The Balaban J connectivity index is 1.38. The molecular formula is C25H28N2O3. The molecule has 0 radical (unpaired) electrons. The molecular weight excluding hydrogens is 376 g/mol. The average Bonchev–Trinajstić information content (AvgIpc) is 3.53. The van der Waals surface area contributed by atoms with Crippen LogP contribution in [0.3, 0.4) is 0 Å². The van der Waals surface area contributed by atoms with E-state index in [1.807, 2.05) is 59.5 Å². The molecule has 156 valence electrons. The molecule has 3 aromatic rings. The SMILES string of the molecule is COc1ccc(N(C(=O)CCCc2ncc(-c3ccccc3)o2)C(C)C2CC2)cc1. The van der Waals surface area contributed by atoms with E-state index in [1.165, 1.54) is 12.8 Å². The topological polar surface area (TPSA) is 55.6 Å². The minimum absolute atomic E-state index is 0.148. The molecule has 5 heteroatoms. The molecule has 1 aliphatic carbocycles. The summed E-state index contributed by atoms with van der Waals surface area (Å²) in [7, 11) is 1.65. The molecule has 30 heavy (non-hydrogen) atoms. The van der Waals surface area contributed by atoms with Crippen molar-refractivity contribution in [2.75, 3.05) is 12.0 Å². The maximum absolute atomic E-state index is 13.1. The highest BCUT2D eigenvalue weighted by atomic mass is 16.5. The van der Waals surface area contributed by atoms with Gasteiger partial charge in [0, 0.05) is 30.1 Å². The van der Waals surface area contributed by atoms with Gasteiger partial charge in [-0.25, -0.2) is 4.98 Å². The number of aryl methyl sites for hydroxylation is 1. The first-order valence-corrected chi connectivity index (χ1v) is 10.6. The molecule has 1 atom stereocenters. The first-order valence-electron chi connectivity index (χ1n) is 10.6. The third-order valence-corrected chi connectivity index (χ3v) is 5.72. The van der Waals surface area contributed by atoms with Gasteiger partial charge in [-0.05, 0) is 56.4 Å². The van der Waals surface area contributed by atoms with Crippen molar-refractivity contribution in [1.82, 2.24) is 4.98 Å². The van der Waals surface area contributed by atoms with Crippen LogP contribution in [0.1, 0.15) is 38.5 Å². The van der Waals surface area contributed by atoms with Gasteiger partial charge in [-0.15, -0.1) is 0 Å². The first-order chi connectivity index (χ1) is 14.7. The maximum Gasteiger partial charge on any atom is 0.227 e. The summed E-state index contributed by atoms with van der Waals surface area (Å²) in [5.41, 5.74) is 1.94. The van der Waals surface area contributed by atoms with E-state index in [0.717, 1.165) is 22.8 Å². The highest BCUT2D eigenvalue weighted by Gasteiger charge is 2.34. The number of oxazole rings is 1. The van der Waals surface area contributed by atoms with Gasteiger partial charge >= 0.3 is 0 Å². The monoisotopic (exact) mass is 404 g/mol. The Morgan fingerprint density at radius 1 is 1.17 bits per heavy atom. The summed E-state index contributed by atoms with van der Waals surface area (Å²) in [5.74, 6) is 2.97. The predicted molar refractivity (Wildman–Crippen MR) is 118 cm³/mol. The van der Waals surface area contributed by atoms with Crippen LogP contribution >= 0.6 is 0 Å². The van der Waals surface area contributed by atoms with E-state index in [2.05, 4.69) is 11.9 Å². The number of methoxy groups -OCH3 is 1. The normalized spacial score (nSPS) is 14.3. The zero-order valence-electron chi connectivity index (χ0n) is 17.6. The van der Waals surface area contributed by atoms with Gasteiger partial charge in [-0.3, -0.25) is 4.79 Å². The smallest absolute Gasteiger partial charge is 0.227 e. The molecule has 4 rings (SSSR count). The summed E-state index contributed by atoms with van der Waals surface area (Å²) >= 11 is 0. The fourth-order valence-corrected chi connectivity index (χ4v) is 3.81. The highest BCUT2D eigenvalue weighted by Crippen LogP contribution is 2.37. The van der Waals surface area contributed by atoms with Crippen LogP contribution in [0.5, 0.6) is 5.75 Å². The molecule has 0 saturated heterocycles. The number of aromatic nitrogens is 1. The van der Waals surface area contributed by atoms with Crippen molar-refractivity contribution in [3.63, 3.8) is 0 Å². The summed E-state index contributed by atoms with van der Waals surface area (Å²) in [6, 6.07) is 17.9. The standard InChI is InChI=1S/C25H28N2O3/c1-18(19-11-12-19)27(21-13-15-22(29-2)16-14-21)25(28)10-6-9-24-26-17-23(30-24)20-7-4-3-5-8-20/h3-5,7-8,13-19H,6,9-12H2,1-2H3. The Hall–Kier alpha value is -3.08. The average molecular weight is 405 g/mol. The first kappa shape index (κ1) is 20.2. The summed E-state index contributed by atoms with van der Waals surface area (Å²) in [6.07, 6.45) is 5.96. The number of anilines is 1. The van der Waals surface area contributed by atoms with Crippen molar-refractivity contribution in [3.8, 4) is 17.1 Å². The second-order valence-electron chi connectivity index (χ2n) is 7.88. The summed E-state index contributed by atoms with van der Waals surface area (Å²) in [4.78, 5) is 19.5. The zero-order valence-corrected chi connectivity index (χ0v) is 17.6. The number of nitrogens with zero attached hydrogens (tertiary/aromatic N) is 2. The summed E-state index contributed by atoms with van der Waals surface area (Å²) < 4.78 is 11.1. The van der Waals surface area contributed by atoms with Crippen LogP contribution in [0.2, 0.25) is 0 Å². The van der Waals surface area contributed by atoms with Crippen LogP contribution in [0, 0.1) is 5.92 Å². The van der Waals surface area contributed by atoms with Crippen molar-refractivity contribution in [2.24, 2.45) is 5.92 Å². The van der Waals surface area contributed by atoms with Crippen molar-refractivity contribution in [2.45, 2.75) is 45.1 Å². The van der Waals surface area contributed by atoms with E-state index < -0.39 is 0 Å². The maximum atomic E-state index is 13.1. The van der Waals surface area contributed by atoms with Crippen molar-refractivity contribution < 1.29 is 13.9 Å². The van der Waals surface area contributed by atoms with Crippen LogP contribution < -0.4 is 9.64 Å². The van der Waals surface area contributed by atoms with E-state index in [1.54, 1.807) is 13.3 Å². The van der Waals surface area contributed by atoms with Gasteiger partial charge in [0.05, 0.1) is 13.3 Å². The predicted octanol–water partition coefficient (Wildman–Crippen LogP) is 5.50. The van der Waals surface area contributed by atoms with E-state index >= 15 is 0 Å². The van der Waals surface area contributed by atoms with Gasteiger partial charge in [0.1, 0.15) is 5.75 Å². The van der Waals surface area contributed by atoms with Crippen molar-refractivity contribution in [3.05, 3.63) is 66.7 Å². The van der Waals surface area contributed by atoms with Crippen LogP contribution in [-0.2, 0) is 11.2 Å². The number of hydrogen-bond acceptors (Lipinski definition) is 4. The molecule has 5 nitrogen and oxygen atoms in total. The van der Waals surface area contributed by atoms with Gasteiger partial charge in [0.2, 0.25) is 5.91 Å². The Bertz CT molecular complexity index is 962. The second kappa shape index (κ2) is 9.16. The largest absolute Gasteiger partial charge is 0.497 e. The van der Waals surface area contributed by atoms with Crippen LogP contribution in [0.25, 0.3) is 11.3 Å². The van der Waals surface area contributed by atoms with Crippen LogP contribution in [0.15, 0.2) is 65.2 Å².